The summed E-state index contributed by atoms with van der Waals surface area (Å²) in [6, 6.07) is -1.25. The molecule has 7 nitrogen and oxygen atoms in total. The Balaban J connectivity index is 4.03. The van der Waals surface area contributed by atoms with Gasteiger partial charge in [-0.2, -0.15) is 8.42 Å². The van der Waals surface area contributed by atoms with Gasteiger partial charge in [0.2, 0.25) is 5.91 Å². The first-order valence-corrected chi connectivity index (χ1v) is 21.4. The van der Waals surface area contributed by atoms with Crippen molar-refractivity contribution in [2.45, 2.75) is 205 Å². The van der Waals surface area contributed by atoms with Crippen LogP contribution in [0.2, 0.25) is 0 Å². The van der Waals surface area contributed by atoms with Crippen LogP contribution in [0.5, 0.6) is 0 Å². The van der Waals surface area contributed by atoms with Crippen LogP contribution in [0.4, 0.5) is 0 Å². The van der Waals surface area contributed by atoms with Gasteiger partial charge in [0, 0.05) is 0 Å². The lowest BCUT2D eigenvalue weighted by atomic mass is 10.0. The Morgan fingerprint density at radius 3 is 1.38 bits per heavy atom. The van der Waals surface area contributed by atoms with Crippen LogP contribution >= 0.6 is 0 Å². The Labute approximate surface area is 296 Å². The molecule has 0 spiro atoms. The highest BCUT2D eigenvalue weighted by molar-refractivity contribution is 7.85. The Hall–Kier alpha value is -1.48. The molecule has 1 amide bonds. The highest BCUT2D eigenvalue weighted by Gasteiger charge is 2.27. The van der Waals surface area contributed by atoms with E-state index in [1.54, 1.807) is 6.08 Å². The zero-order chi connectivity index (χ0) is 35.6. The Kier molecular flexibility index (Phi) is 32.9. The van der Waals surface area contributed by atoms with Crippen molar-refractivity contribution in [3.05, 3.63) is 36.5 Å². The van der Waals surface area contributed by atoms with E-state index in [1.165, 1.54) is 122 Å². The van der Waals surface area contributed by atoms with Gasteiger partial charge in [-0.3, -0.25) is 9.35 Å². The third-order valence-corrected chi connectivity index (χ3v) is 9.68. The summed E-state index contributed by atoms with van der Waals surface area (Å²) in [5, 5.41) is 23.3. The fourth-order valence-electron chi connectivity index (χ4n) is 5.82. The van der Waals surface area contributed by atoms with E-state index < -0.39 is 40.0 Å². The molecule has 0 aliphatic rings. The number of rotatable bonds is 35. The van der Waals surface area contributed by atoms with Gasteiger partial charge in [-0.05, 0) is 57.8 Å². The quantitative estimate of drug-likeness (QED) is 0.0297. The number of nitrogens with one attached hydrogen (secondary N) is 1. The van der Waals surface area contributed by atoms with E-state index in [1.807, 2.05) is 0 Å². The number of hydrogen-bond acceptors (Lipinski definition) is 5. The van der Waals surface area contributed by atoms with Crippen molar-refractivity contribution in [1.82, 2.24) is 5.32 Å². The first-order valence-electron chi connectivity index (χ1n) is 19.8. The number of aliphatic hydroxyl groups excluding tert-OH is 2. The monoisotopic (exact) mass is 698 g/mol. The third kappa shape index (κ3) is 33.0. The van der Waals surface area contributed by atoms with Gasteiger partial charge < -0.3 is 15.5 Å². The number of carbonyl (C=O) groups is 1. The van der Waals surface area contributed by atoms with E-state index in [9.17, 15) is 28.0 Å². The maximum absolute atomic E-state index is 12.5. The first-order chi connectivity index (χ1) is 23.2. The van der Waals surface area contributed by atoms with Gasteiger partial charge in [-0.15, -0.1) is 0 Å². The highest BCUT2D eigenvalue weighted by atomic mass is 32.2. The van der Waals surface area contributed by atoms with Gasteiger partial charge in [0.1, 0.15) is 6.10 Å². The van der Waals surface area contributed by atoms with E-state index in [0.29, 0.717) is 12.8 Å². The summed E-state index contributed by atoms with van der Waals surface area (Å²) in [7, 11) is -4.45. The second-order valence-electron chi connectivity index (χ2n) is 13.7. The zero-order valence-corrected chi connectivity index (χ0v) is 31.8. The largest absolute Gasteiger partial charge is 0.387 e. The molecule has 282 valence electrons. The third-order valence-electron chi connectivity index (χ3n) is 8.90. The van der Waals surface area contributed by atoms with E-state index in [-0.39, 0.29) is 6.42 Å². The summed E-state index contributed by atoms with van der Waals surface area (Å²) >= 11 is 0. The predicted molar refractivity (Wildman–Crippen MR) is 204 cm³/mol. The standard InChI is InChI=1S/C40H75NO6S/c1-3-5-7-9-11-13-15-16-17-18-19-20-21-22-23-25-27-29-31-33-35-39(43)40(44)41-37(36-48(45,46)47)38(42)34-32-30-28-26-24-14-12-10-8-6-4-2/h20-21,24,26,32,34,37-39,42-43H,3-19,22-23,25,27-31,33,35-36H2,1-2H3,(H,41,44)(H,45,46,47)/b21-20-,26-24+,34-32+. The molecular weight excluding hydrogens is 623 g/mol. The molecule has 0 aliphatic heterocycles. The number of allylic oxidation sites excluding steroid dienone is 5. The fourth-order valence-corrected chi connectivity index (χ4v) is 6.55. The average Bonchev–Trinajstić information content (AvgIpc) is 3.05. The van der Waals surface area contributed by atoms with Crippen LogP contribution in [0.1, 0.15) is 187 Å². The Bertz CT molecular complexity index is 917. The maximum atomic E-state index is 12.5. The number of carbonyl (C=O) groups excluding carboxylic acids is 1. The molecule has 3 unspecified atom stereocenters. The van der Waals surface area contributed by atoms with Gasteiger partial charge in [0.25, 0.3) is 10.1 Å². The Morgan fingerprint density at radius 2 is 0.938 bits per heavy atom. The van der Waals surface area contributed by atoms with Crippen molar-refractivity contribution < 1.29 is 28.0 Å². The molecule has 0 bridgehead atoms. The molecule has 0 saturated carbocycles. The number of hydrogen-bond donors (Lipinski definition) is 4. The number of amides is 1. The summed E-state index contributed by atoms with van der Waals surface area (Å²) in [4.78, 5) is 12.5. The summed E-state index contributed by atoms with van der Waals surface area (Å²) in [6.07, 6.45) is 40.7. The van der Waals surface area contributed by atoms with E-state index in [2.05, 4.69) is 43.5 Å². The van der Waals surface area contributed by atoms with Crippen molar-refractivity contribution in [3.63, 3.8) is 0 Å². The van der Waals surface area contributed by atoms with Gasteiger partial charge in [0.15, 0.2) is 0 Å². The average molecular weight is 698 g/mol. The summed E-state index contributed by atoms with van der Waals surface area (Å²) in [5.74, 6) is -1.56. The molecule has 0 rings (SSSR count). The SMILES string of the molecule is CCCCCCC/C=C/CC/C=C/C(O)C(CS(=O)(=O)O)NC(=O)C(O)CCCCCCCC/C=C\CCCCCCCCCCCC. The molecule has 0 aromatic rings. The van der Waals surface area contributed by atoms with Crippen molar-refractivity contribution in [3.8, 4) is 0 Å². The molecule has 0 aliphatic carbocycles. The van der Waals surface area contributed by atoms with Crippen molar-refractivity contribution in [2.75, 3.05) is 5.75 Å². The van der Waals surface area contributed by atoms with Gasteiger partial charge in [-0.1, -0.05) is 166 Å². The van der Waals surface area contributed by atoms with Gasteiger partial charge in [-0.25, -0.2) is 0 Å². The van der Waals surface area contributed by atoms with Gasteiger partial charge in [0.05, 0.1) is 17.9 Å². The molecule has 0 aromatic carbocycles. The van der Waals surface area contributed by atoms with Crippen molar-refractivity contribution >= 4 is 16.0 Å². The lowest BCUT2D eigenvalue weighted by molar-refractivity contribution is -0.130. The molecule has 4 N–H and O–H groups in total. The number of unbranched alkanes of at least 4 members (excludes halogenated alkanes) is 22. The van der Waals surface area contributed by atoms with Crippen molar-refractivity contribution in [2.24, 2.45) is 0 Å². The minimum Gasteiger partial charge on any atom is -0.387 e. The zero-order valence-electron chi connectivity index (χ0n) is 31.0. The fraction of sp³-hybridized carbons (Fsp3) is 0.825. The molecule has 8 heteroatoms. The Morgan fingerprint density at radius 1 is 0.562 bits per heavy atom. The van der Waals surface area contributed by atoms with Crippen LogP contribution in [0.25, 0.3) is 0 Å². The molecule has 0 saturated heterocycles. The second kappa shape index (κ2) is 34.0. The molecular formula is C40H75NO6S. The summed E-state index contributed by atoms with van der Waals surface area (Å²) < 4.78 is 32.4. The molecule has 0 radical (unpaired) electrons. The highest BCUT2D eigenvalue weighted by Crippen LogP contribution is 2.14. The van der Waals surface area contributed by atoms with Crippen LogP contribution in [0.15, 0.2) is 36.5 Å². The van der Waals surface area contributed by atoms with Crippen LogP contribution in [0.3, 0.4) is 0 Å². The minimum absolute atomic E-state index is 0.267. The molecule has 0 heterocycles. The van der Waals surface area contributed by atoms with Crippen LogP contribution < -0.4 is 5.32 Å². The lowest BCUT2D eigenvalue weighted by Crippen LogP contribution is -2.50. The smallest absolute Gasteiger partial charge is 0.267 e. The molecule has 48 heavy (non-hydrogen) atoms. The first kappa shape index (κ1) is 46.5. The lowest BCUT2D eigenvalue weighted by Gasteiger charge is -2.22. The molecule has 3 atom stereocenters. The normalized spacial score (nSPS) is 14.4. The van der Waals surface area contributed by atoms with Crippen LogP contribution in [-0.4, -0.2) is 53.1 Å². The minimum atomic E-state index is -4.45. The molecule has 0 aromatic heterocycles. The second-order valence-corrected chi connectivity index (χ2v) is 15.2. The predicted octanol–water partition coefficient (Wildman–Crippen LogP) is 10.3. The van der Waals surface area contributed by atoms with Gasteiger partial charge >= 0.3 is 0 Å². The summed E-state index contributed by atoms with van der Waals surface area (Å²) in [6.45, 7) is 4.47. The van der Waals surface area contributed by atoms with E-state index in [0.717, 1.165) is 38.5 Å². The number of aliphatic hydroxyl groups is 2. The van der Waals surface area contributed by atoms with E-state index >= 15 is 0 Å². The maximum Gasteiger partial charge on any atom is 0.267 e. The topological polar surface area (TPSA) is 124 Å². The summed E-state index contributed by atoms with van der Waals surface area (Å²) in [5.41, 5.74) is 0. The van der Waals surface area contributed by atoms with Crippen LogP contribution in [0, 0.1) is 0 Å². The van der Waals surface area contributed by atoms with Crippen LogP contribution in [-0.2, 0) is 14.9 Å². The van der Waals surface area contributed by atoms with E-state index in [4.69, 9.17) is 0 Å². The molecule has 0 fully saturated rings. The van der Waals surface area contributed by atoms with Crippen molar-refractivity contribution in [1.29, 1.82) is 0 Å².